The number of methoxy groups -OCH3 is 1. The molecule has 0 radical (unpaired) electrons. The van der Waals surface area contributed by atoms with E-state index in [1.807, 2.05) is 12.1 Å². The third-order valence-electron chi connectivity index (χ3n) is 3.81. The second-order valence-electron chi connectivity index (χ2n) is 5.99. The molecule has 150 valence electrons. The van der Waals surface area contributed by atoms with Crippen molar-refractivity contribution in [1.29, 1.82) is 0 Å². The molecule has 1 amide bonds. The van der Waals surface area contributed by atoms with Crippen LogP contribution < -0.4 is 5.32 Å². The molecule has 1 heterocycles. The average molecular weight is 446 g/mol. The van der Waals surface area contributed by atoms with Crippen LogP contribution in [0.15, 0.2) is 57.8 Å². The number of aromatic nitrogens is 2. The highest BCUT2D eigenvalue weighted by atomic mass is 32.2. The lowest BCUT2D eigenvalue weighted by molar-refractivity contribution is -0.137. The van der Waals surface area contributed by atoms with Crippen LogP contribution in [-0.2, 0) is 15.3 Å². The molecule has 2 aromatic carbocycles. The van der Waals surface area contributed by atoms with Gasteiger partial charge in [0, 0.05) is 16.2 Å². The predicted octanol–water partition coefficient (Wildman–Crippen LogP) is 4.66. The lowest BCUT2D eigenvalue weighted by Gasteiger charge is -2.05. The van der Waals surface area contributed by atoms with Crippen molar-refractivity contribution in [3.8, 4) is 0 Å². The minimum atomic E-state index is -0.337. The highest BCUT2D eigenvalue weighted by Crippen LogP contribution is 2.26. The number of carbonyl (C=O) groups excluding carboxylic acids is 2. The normalized spacial score (nSPS) is 10.6. The van der Waals surface area contributed by atoms with E-state index in [2.05, 4.69) is 51.4 Å². The summed E-state index contributed by atoms with van der Waals surface area (Å²) < 4.78 is 5.18. The Balaban J connectivity index is 1.51. The summed E-state index contributed by atoms with van der Waals surface area (Å²) in [6.07, 6.45) is 0. The molecule has 1 N–H and O–H groups in total. The van der Waals surface area contributed by atoms with Crippen molar-refractivity contribution in [2.75, 3.05) is 18.2 Å². The number of hydrogen-bond donors (Lipinski definition) is 1. The van der Waals surface area contributed by atoms with Crippen LogP contribution >= 0.6 is 34.9 Å². The van der Waals surface area contributed by atoms with Crippen molar-refractivity contribution in [3.63, 3.8) is 0 Å². The van der Waals surface area contributed by atoms with Gasteiger partial charge in [-0.2, -0.15) is 0 Å². The Morgan fingerprint density at radius 1 is 1.03 bits per heavy atom. The number of nitrogens with zero attached hydrogens (tertiary/aromatic N) is 2. The second-order valence-corrected chi connectivity index (χ2v) is 9.24. The summed E-state index contributed by atoms with van der Waals surface area (Å²) in [7, 11) is 1.33. The molecule has 0 aliphatic carbocycles. The van der Waals surface area contributed by atoms with Crippen LogP contribution in [0.5, 0.6) is 0 Å². The molecular formula is C20H19N3O3S3. The molecule has 6 nitrogen and oxygen atoms in total. The summed E-state index contributed by atoms with van der Waals surface area (Å²) in [4.78, 5) is 24.8. The topological polar surface area (TPSA) is 81.2 Å². The molecule has 0 atom stereocenters. The van der Waals surface area contributed by atoms with E-state index in [4.69, 9.17) is 0 Å². The first-order chi connectivity index (χ1) is 14.0. The van der Waals surface area contributed by atoms with E-state index in [1.54, 1.807) is 23.9 Å². The number of ether oxygens (including phenoxy) is 1. The first kappa shape index (κ1) is 21.4. The number of benzene rings is 2. The van der Waals surface area contributed by atoms with E-state index in [0.717, 1.165) is 11.3 Å². The Labute approximate surface area is 181 Å². The molecule has 0 spiro atoms. The van der Waals surface area contributed by atoms with Crippen molar-refractivity contribution in [1.82, 2.24) is 10.2 Å². The van der Waals surface area contributed by atoms with Crippen molar-refractivity contribution in [2.45, 2.75) is 21.9 Å². The van der Waals surface area contributed by atoms with Gasteiger partial charge in [0.15, 0.2) is 4.34 Å². The number of amides is 1. The molecule has 29 heavy (non-hydrogen) atoms. The summed E-state index contributed by atoms with van der Waals surface area (Å²) in [5, 5.41) is 11.0. The molecule has 3 aromatic rings. The standard InChI is InChI=1S/C20H19N3O3S3/c1-13-3-9-16(10-4-13)27-11-14-5-7-15(8-6-14)18(25)21-19-22-23-20(29-19)28-12-17(24)26-2/h3-10H,11-12H2,1-2H3,(H,21,22,25). The Kier molecular flexibility index (Phi) is 7.68. The summed E-state index contributed by atoms with van der Waals surface area (Å²) in [6, 6.07) is 15.9. The van der Waals surface area contributed by atoms with Gasteiger partial charge in [-0.3, -0.25) is 14.9 Å². The molecule has 0 saturated carbocycles. The monoisotopic (exact) mass is 445 g/mol. The number of nitrogens with one attached hydrogen (secondary N) is 1. The molecular weight excluding hydrogens is 426 g/mol. The van der Waals surface area contributed by atoms with Gasteiger partial charge in [-0.1, -0.05) is 52.9 Å². The number of aryl methyl sites for hydroxylation is 1. The number of anilines is 1. The number of esters is 1. The fourth-order valence-corrected chi connectivity index (χ4v) is 4.65. The Morgan fingerprint density at radius 2 is 1.76 bits per heavy atom. The van der Waals surface area contributed by atoms with Crippen LogP contribution in [-0.4, -0.2) is 34.9 Å². The molecule has 0 fully saturated rings. The largest absolute Gasteiger partial charge is 0.468 e. The summed E-state index contributed by atoms with van der Waals surface area (Å²) in [6.45, 7) is 2.07. The van der Waals surface area contributed by atoms with E-state index in [9.17, 15) is 9.59 Å². The lowest BCUT2D eigenvalue weighted by Crippen LogP contribution is -2.11. The van der Waals surface area contributed by atoms with E-state index < -0.39 is 0 Å². The van der Waals surface area contributed by atoms with E-state index in [0.29, 0.717) is 15.0 Å². The fraction of sp³-hybridized carbons (Fsp3) is 0.200. The predicted molar refractivity (Wildman–Crippen MR) is 118 cm³/mol. The third-order valence-corrected chi connectivity index (χ3v) is 6.84. The van der Waals surface area contributed by atoms with E-state index in [-0.39, 0.29) is 17.6 Å². The van der Waals surface area contributed by atoms with Crippen LogP contribution in [0, 0.1) is 6.92 Å². The van der Waals surface area contributed by atoms with Gasteiger partial charge in [0.1, 0.15) is 0 Å². The minimum absolute atomic E-state index is 0.154. The minimum Gasteiger partial charge on any atom is -0.468 e. The highest BCUT2D eigenvalue weighted by molar-refractivity contribution is 8.01. The molecule has 0 aliphatic heterocycles. The van der Waals surface area contributed by atoms with E-state index >= 15 is 0 Å². The summed E-state index contributed by atoms with van der Waals surface area (Å²) in [5.41, 5.74) is 2.94. The van der Waals surface area contributed by atoms with Gasteiger partial charge in [0.25, 0.3) is 5.91 Å². The SMILES string of the molecule is COC(=O)CSc1nnc(NC(=O)c2ccc(CSc3ccc(C)cc3)cc2)s1. The lowest BCUT2D eigenvalue weighted by atomic mass is 10.1. The Morgan fingerprint density at radius 3 is 2.45 bits per heavy atom. The molecule has 0 aliphatic rings. The zero-order valence-corrected chi connectivity index (χ0v) is 18.3. The quantitative estimate of drug-likeness (QED) is 0.307. The van der Waals surface area contributed by atoms with Crippen LogP contribution in [0.2, 0.25) is 0 Å². The van der Waals surface area contributed by atoms with Crippen LogP contribution in [0.4, 0.5) is 5.13 Å². The third kappa shape index (κ3) is 6.59. The number of rotatable bonds is 8. The molecule has 0 bridgehead atoms. The smallest absolute Gasteiger partial charge is 0.316 e. The van der Waals surface area contributed by atoms with Crippen molar-refractivity contribution >= 4 is 51.9 Å². The first-order valence-corrected chi connectivity index (χ1v) is 11.4. The first-order valence-electron chi connectivity index (χ1n) is 8.66. The van der Waals surface area contributed by atoms with Gasteiger partial charge >= 0.3 is 5.97 Å². The number of carbonyl (C=O) groups is 2. The Hall–Kier alpha value is -2.36. The summed E-state index contributed by atoms with van der Waals surface area (Å²) in [5.74, 6) is 0.406. The van der Waals surface area contributed by atoms with Crippen molar-refractivity contribution in [3.05, 3.63) is 65.2 Å². The summed E-state index contributed by atoms with van der Waals surface area (Å²) >= 11 is 4.19. The van der Waals surface area contributed by atoms with E-state index in [1.165, 1.54) is 40.7 Å². The van der Waals surface area contributed by atoms with Crippen LogP contribution in [0.3, 0.4) is 0 Å². The molecule has 3 rings (SSSR count). The second kappa shape index (κ2) is 10.4. The molecule has 0 unspecified atom stereocenters. The van der Waals surface area contributed by atoms with Crippen molar-refractivity contribution in [2.24, 2.45) is 0 Å². The number of hydrogen-bond acceptors (Lipinski definition) is 8. The van der Waals surface area contributed by atoms with Gasteiger partial charge in [0.2, 0.25) is 5.13 Å². The molecule has 1 aromatic heterocycles. The van der Waals surface area contributed by atoms with Gasteiger partial charge in [0.05, 0.1) is 12.9 Å². The maximum Gasteiger partial charge on any atom is 0.316 e. The van der Waals surface area contributed by atoms with Gasteiger partial charge in [-0.25, -0.2) is 0 Å². The average Bonchev–Trinajstić information content (AvgIpc) is 3.19. The molecule has 9 heteroatoms. The van der Waals surface area contributed by atoms with Gasteiger partial charge in [-0.15, -0.1) is 22.0 Å². The number of thioether (sulfide) groups is 2. The van der Waals surface area contributed by atoms with Crippen molar-refractivity contribution < 1.29 is 14.3 Å². The maximum absolute atomic E-state index is 12.4. The maximum atomic E-state index is 12.4. The Bertz CT molecular complexity index is 973. The fourth-order valence-electron chi connectivity index (χ4n) is 2.22. The zero-order chi connectivity index (χ0) is 20.6. The van der Waals surface area contributed by atoms with Crippen LogP contribution in [0.25, 0.3) is 0 Å². The molecule has 0 saturated heterocycles. The van der Waals surface area contributed by atoms with Gasteiger partial charge < -0.3 is 4.74 Å². The van der Waals surface area contributed by atoms with Gasteiger partial charge in [-0.05, 0) is 36.8 Å². The highest BCUT2D eigenvalue weighted by Gasteiger charge is 2.12. The van der Waals surface area contributed by atoms with Crippen LogP contribution in [0.1, 0.15) is 21.5 Å². The zero-order valence-electron chi connectivity index (χ0n) is 15.9.